The molecule has 0 heterocycles. The maximum Gasteiger partial charge on any atom is 0.123 e. The van der Waals surface area contributed by atoms with Crippen LogP contribution in [0.3, 0.4) is 0 Å². The van der Waals surface area contributed by atoms with Crippen molar-refractivity contribution in [2.45, 2.75) is 25.3 Å². The van der Waals surface area contributed by atoms with E-state index in [2.05, 4.69) is 54.8 Å². The second kappa shape index (κ2) is 5.88. The van der Waals surface area contributed by atoms with Gasteiger partial charge in [-0.15, -0.1) is 0 Å². The van der Waals surface area contributed by atoms with E-state index in [1.165, 1.54) is 11.1 Å². The highest BCUT2D eigenvalue weighted by Crippen LogP contribution is 2.54. The molecular formula is C18H22N2O. The van der Waals surface area contributed by atoms with Crippen LogP contribution in [0.4, 0.5) is 0 Å². The van der Waals surface area contributed by atoms with Crippen LogP contribution in [0.1, 0.15) is 35.1 Å². The SMILES string of the molecule is COc1ccc(C)cc1C(NN)C1CC1c1ccccc1. The molecule has 1 saturated carbocycles. The zero-order valence-electron chi connectivity index (χ0n) is 12.5. The second-order valence-electron chi connectivity index (χ2n) is 5.81. The van der Waals surface area contributed by atoms with E-state index in [9.17, 15) is 0 Å². The first kappa shape index (κ1) is 14.1. The van der Waals surface area contributed by atoms with Crippen LogP contribution in [-0.4, -0.2) is 7.11 Å². The fourth-order valence-electron chi connectivity index (χ4n) is 3.21. The van der Waals surface area contributed by atoms with Crippen molar-refractivity contribution in [3.63, 3.8) is 0 Å². The first-order valence-corrected chi connectivity index (χ1v) is 7.40. The minimum absolute atomic E-state index is 0.130. The predicted molar refractivity (Wildman–Crippen MR) is 85.1 cm³/mol. The third-order valence-corrected chi connectivity index (χ3v) is 4.40. The van der Waals surface area contributed by atoms with Crippen LogP contribution in [0.2, 0.25) is 0 Å². The largest absolute Gasteiger partial charge is 0.496 e. The molecule has 0 aliphatic heterocycles. The van der Waals surface area contributed by atoms with Gasteiger partial charge in [-0.1, -0.05) is 48.0 Å². The molecule has 2 aromatic rings. The van der Waals surface area contributed by atoms with Gasteiger partial charge in [0.05, 0.1) is 13.2 Å². The lowest BCUT2D eigenvalue weighted by atomic mass is 9.97. The molecule has 0 radical (unpaired) electrons. The predicted octanol–water partition coefficient (Wildman–Crippen LogP) is 3.31. The molecule has 1 fully saturated rings. The Kier molecular flexibility index (Phi) is 3.95. The number of hydrogen-bond acceptors (Lipinski definition) is 3. The summed E-state index contributed by atoms with van der Waals surface area (Å²) in [7, 11) is 1.71. The summed E-state index contributed by atoms with van der Waals surface area (Å²) in [6.45, 7) is 2.10. The van der Waals surface area contributed by atoms with Crippen molar-refractivity contribution < 1.29 is 4.74 Å². The quantitative estimate of drug-likeness (QED) is 0.653. The molecule has 0 aromatic heterocycles. The van der Waals surface area contributed by atoms with Gasteiger partial charge in [-0.25, -0.2) is 0 Å². The highest BCUT2D eigenvalue weighted by molar-refractivity contribution is 5.41. The summed E-state index contributed by atoms with van der Waals surface area (Å²) in [5, 5.41) is 0. The third kappa shape index (κ3) is 2.80. The standard InChI is InChI=1S/C18H22N2O/c1-12-8-9-17(21-2)16(10-12)18(20-19)15-11-14(15)13-6-4-3-5-7-13/h3-10,14-15,18,20H,11,19H2,1-2H3. The summed E-state index contributed by atoms with van der Waals surface area (Å²) in [4.78, 5) is 0. The molecule has 3 rings (SSSR count). The Morgan fingerprint density at radius 2 is 1.95 bits per heavy atom. The topological polar surface area (TPSA) is 47.3 Å². The number of rotatable bonds is 5. The van der Waals surface area contributed by atoms with E-state index in [4.69, 9.17) is 10.6 Å². The zero-order valence-corrected chi connectivity index (χ0v) is 12.5. The minimum atomic E-state index is 0.130. The molecule has 0 amide bonds. The first-order valence-electron chi connectivity index (χ1n) is 7.40. The lowest BCUT2D eigenvalue weighted by Gasteiger charge is -2.20. The van der Waals surface area contributed by atoms with E-state index in [1.807, 2.05) is 6.07 Å². The Labute approximate surface area is 126 Å². The Morgan fingerprint density at radius 1 is 1.19 bits per heavy atom. The average Bonchev–Trinajstić information content (AvgIpc) is 3.30. The fourth-order valence-corrected chi connectivity index (χ4v) is 3.21. The molecule has 0 spiro atoms. The smallest absolute Gasteiger partial charge is 0.123 e. The van der Waals surface area contributed by atoms with Crippen LogP contribution in [0.15, 0.2) is 48.5 Å². The molecule has 1 aliphatic carbocycles. The highest BCUT2D eigenvalue weighted by atomic mass is 16.5. The normalized spacial score (nSPS) is 21.9. The molecule has 3 atom stereocenters. The van der Waals surface area contributed by atoms with Crippen molar-refractivity contribution in [2.75, 3.05) is 7.11 Å². The van der Waals surface area contributed by atoms with Crippen LogP contribution >= 0.6 is 0 Å². The van der Waals surface area contributed by atoms with E-state index < -0.39 is 0 Å². The van der Waals surface area contributed by atoms with E-state index in [0.29, 0.717) is 11.8 Å². The van der Waals surface area contributed by atoms with Gasteiger partial charge in [-0.3, -0.25) is 11.3 Å². The molecule has 21 heavy (non-hydrogen) atoms. The number of hydrogen-bond donors (Lipinski definition) is 2. The first-order chi connectivity index (χ1) is 10.2. The van der Waals surface area contributed by atoms with Gasteiger partial charge in [0.15, 0.2) is 0 Å². The molecule has 110 valence electrons. The lowest BCUT2D eigenvalue weighted by molar-refractivity contribution is 0.391. The number of hydrazine groups is 1. The fraction of sp³-hybridized carbons (Fsp3) is 0.333. The van der Waals surface area contributed by atoms with Gasteiger partial charge in [-0.2, -0.15) is 0 Å². The van der Waals surface area contributed by atoms with Crippen molar-refractivity contribution >= 4 is 0 Å². The van der Waals surface area contributed by atoms with Gasteiger partial charge < -0.3 is 4.74 Å². The monoisotopic (exact) mass is 282 g/mol. The molecule has 2 aromatic carbocycles. The number of benzene rings is 2. The summed E-state index contributed by atoms with van der Waals surface area (Å²) in [5.41, 5.74) is 6.78. The van der Waals surface area contributed by atoms with E-state index in [1.54, 1.807) is 7.11 Å². The number of ether oxygens (including phenoxy) is 1. The Balaban J connectivity index is 1.86. The van der Waals surface area contributed by atoms with Gasteiger partial charge in [-0.05, 0) is 36.8 Å². The van der Waals surface area contributed by atoms with E-state index >= 15 is 0 Å². The van der Waals surface area contributed by atoms with Crippen LogP contribution in [0, 0.1) is 12.8 Å². The maximum absolute atomic E-state index is 5.85. The van der Waals surface area contributed by atoms with Gasteiger partial charge in [0.25, 0.3) is 0 Å². The molecule has 3 heteroatoms. The van der Waals surface area contributed by atoms with Gasteiger partial charge in [0.2, 0.25) is 0 Å². The third-order valence-electron chi connectivity index (χ3n) is 4.40. The maximum atomic E-state index is 5.85. The Hall–Kier alpha value is -1.84. The summed E-state index contributed by atoms with van der Waals surface area (Å²) in [6.07, 6.45) is 1.16. The van der Waals surface area contributed by atoms with Gasteiger partial charge in [0, 0.05) is 5.56 Å². The van der Waals surface area contributed by atoms with E-state index in [0.717, 1.165) is 17.7 Å². The minimum Gasteiger partial charge on any atom is -0.496 e. The molecule has 0 saturated heterocycles. The molecule has 3 N–H and O–H groups in total. The van der Waals surface area contributed by atoms with Gasteiger partial charge >= 0.3 is 0 Å². The number of nitrogens with one attached hydrogen (secondary N) is 1. The highest BCUT2D eigenvalue weighted by Gasteiger charge is 2.44. The molecular weight excluding hydrogens is 260 g/mol. The number of nitrogens with two attached hydrogens (primary N) is 1. The zero-order chi connectivity index (χ0) is 14.8. The Bertz CT molecular complexity index is 612. The van der Waals surface area contributed by atoms with Crippen molar-refractivity contribution in [1.82, 2.24) is 5.43 Å². The number of aryl methyl sites for hydroxylation is 1. The van der Waals surface area contributed by atoms with E-state index in [-0.39, 0.29) is 6.04 Å². The Morgan fingerprint density at radius 3 is 2.62 bits per heavy atom. The van der Waals surface area contributed by atoms with Gasteiger partial charge in [0.1, 0.15) is 5.75 Å². The molecule has 3 unspecified atom stereocenters. The van der Waals surface area contributed by atoms with Crippen LogP contribution in [0.25, 0.3) is 0 Å². The van der Waals surface area contributed by atoms with Crippen molar-refractivity contribution in [3.8, 4) is 5.75 Å². The van der Waals surface area contributed by atoms with Crippen molar-refractivity contribution in [2.24, 2.45) is 11.8 Å². The second-order valence-corrected chi connectivity index (χ2v) is 5.81. The van der Waals surface area contributed by atoms with Crippen LogP contribution in [0.5, 0.6) is 5.75 Å². The summed E-state index contributed by atoms with van der Waals surface area (Å²) in [6, 6.07) is 17.0. The summed E-state index contributed by atoms with van der Waals surface area (Å²) < 4.78 is 5.51. The lowest BCUT2D eigenvalue weighted by Crippen LogP contribution is -2.30. The van der Waals surface area contributed by atoms with Crippen molar-refractivity contribution in [1.29, 1.82) is 0 Å². The van der Waals surface area contributed by atoms with Crippen LogP contribution in [-0.2, 0) is 0 Å². The molecule has 1 aliphatic rings. The van der Waals surface area contributed by atoms with Crippen molar-refractivity contribution in [3.05, 3.63) is 65.2 Å². The molecule has 3 nitrogen and oxygen atoms in total. The molecule has 0 bridgehead atoms. The van der Waals surface area contributed by atoms with Crippen LogP contribution < -0.4 is 16.0 Å². The summed E-state index contributed by atoms with van der Waals surface area (Å²) in [5.74, 6) is 7.86. The summed E-state index contributed by atoms with van der Waals surface area (Å²) >= 11 is 0. The average molecular weight is 282 g/mol. The number of methoxy groups -OCH3 is 1.